The monoisotopic (exact) mass is 456 g/mol. The summed E-state index contributed by atoms with van der Waals surface area (Å²) < 4.78 is 143. The Kier molecular flexibility index (Phi) is 5.96. The number of hydrogen-bond acceptors (Lipinski definition) is 3. The van der Waals surface area contributed by atoms with Gasteiger partial charge in [-0.2, -0.15) is 47.9 Å². The van der Waals surface area contributed by atoms with Crippen molar-refractivity contribution >= 4 is 10.1 Å². The SMILES string of the molecule is O=S(=O)(OC1=CC(c2ccccc2)CCC1)C(F)(F)C(F)(F)C(F)(F)C(F)(F)F. The van der Waals surface area contributed by atoms with Crippen LogP contribution in [0, 0.1) is 0 Å². The Bertz CT molecular complexity index is 861. The average molecular weight is 456 g/mol. The standard InChI is InChI=1S/C16H13F9O3S/c17-13(18,15(21,22)23)14(19,20)16(24,25)29(26,27)28-12-8-4-7-11(9-12)10-5-2-1-3-6-10/h1-3,5-6,9,11H,4,7-8H2. The molecule has 1 aromatic carbocycles. The largest absolute Gasteiger partial charge is 0.460 e. The zero-order chi connectivity index (χ0) is 22.3. The molecule has 0 radical (unpaired) electrons. The van der Waals surface area contributed by atoms with Crippen molar-refractivity contribution < 1.29 is 52.1 Å². The van der Waals surface area contributed by atoms with Gasteiger partial charge in [0, 0.05) is 12.3 Å². The van der Waals surface area contributed by atoms with Crippen LogP contribution in [0.5, 0.6) is 0 Å². The summed E-state index contributed by atoms with van der Waals surface area (Å²) in [6.07, 6.45) is -5.85. The highest BCUT2D eigenvalue weighted by atomic mass is 32.2. The predicted molar refractivity (Wildman–Crippen MR) is 82.0 cm³/mol. The van der Waals surface area contributed by atoms with Crippen LogP contribution < -0.4 is 0 Å². The Morgan fingerprint density at radius 3 is 1.93 bits per heavy atom. The zero-order valence-corrected chi connectivity index (χ0v) is 15.0. The third-order valence-electron chi connectivity index (χ3n) is 4.20. The molecule has 1 unspecified atom stereocenters. The Labute approximate surface area is 159 Å². The Hall–Kier alpha value is -1.92. The topological polar surface area (TPSA) is 43.4 Å². The smallest absolute Gasteiger partial charge is 0.383 e. The summed E-state index contributed by atoms with van der Waals surface area (Å²) in [5.74, 6) is -15.9. The third kappa shape index (κ3) is 4.05. The Balaban J connectivity index is 2.35. The first-order chi connectivity index (χ1) is 13.0. The number of allylic oxidation sites excluding steroid dienone is 2. The summed E-state index contributed by atoms with van der Waals surface area (Å²) in [6.45, 7) is 0. The van der Waals surface area contributed by atoms with Gasteiger partial charge in [-0.3, -0.25) is 0 Å². The molecule has 0 amide bonds. The second-order valence-corrected chi connectivity index (χ2v) is 7.83. The van der Waals surface area contributed by atoms with E-state index in [9.17, 15) is 47.9 Å². The van der Waals surface area contributed by atoms with Crippen molar-refractivity contribution in [2.24, 2.45) is 0 Å². The number of hydrogen-bond donors (Lipinski definition) is 0. The van der Waals surface area contributed by atoms with Gasteiger partial charge in [-0.05, 0) is 24.5 Å². The molecule has 29 heavy (non-hydrogen) atoms. The summed E-state index contributed by atoms with van der Waals surface area (Å²) in [5.41, 5.74) is 0.603. The van der Waals surface area contributed by atoms with Gasteiger partial charge in [0.25, 0.3) is 0 Å². The fourth-order valence-corrected chi connectivity index (χ4v) is 3.60. The zero-order valence-electron chi connectivity index (χ0n) is 14.2. The van der Waals surface area contributed by atoms with Gasteiger partial charge in [0.15, 0.2) is 0 Å². The Morgan fingerprint density at radius 2 is 1.41 bits per heavy atom. The molecule has 0 heterocycles. The molecule has 13 heteroatoms. The molecule has 0 saturated carbocycles. The lowest BCUT2D eigenvalue weighted by molar-refractivity contribution is -0.382. The lowest BCUT2D eigenvalue weighted by atomic mass is 9.89. The molecule has 164 valence electrons. The van der Waals surface area contributed by atoms with Gasteiger partial charge in [-0.15, -0.1) is 0 Å². The molecule has 0 N–H and O–H groups in total. The fraction of sp³-hybridized carbons (Fsp3) is 0.500. The van der Waals surface area contributed by atoms with Gasteiger partial charge in [0.2, 0.25) is 0 Å². The molecule has 3 nitrogen and oxygen atoms in total. The first-order valence-electron chi connectivity index (χ1n) is 7.94. The molecule has 0 spiro atoms. The van der Waals surface area contributed by atoms with Crippen LogP contribution in [-0.2, 0) is 14.3 Å². The lowest BCUT2D eigenvalue weighted by Gasteiger charge is -2.33. The van der Waals surface area contributed by atoms with E-state index in [0.717, 1.165) is 6.08 Å². The molecule has 0 fully saturated rings. The summed E-state index contributed by atoms with van der Waals surface area (Å²) in [5, 5.41) is -6.86. The van der Waals surface area contributed by atoms with Gasteiger partial charge in [0.05, 0.1) is 0 Å². The molecular formula is C16H13F9O3S. The van der Waals surface area contributed by atoms with Crippen molar-refractivity contribution in [2.45, 2.75) is 48.5 Å². The number of benzene rings is 1. The van der Waals surface area contributed by atoms with E-state index in [1.165, 1.54) is 0 Å². The van der Waals surface area contributed by atoms with Crippen LogP contribution in [0.1, 0.15) is 30.7 Å². The summed E-state index contributed by atoms with van der Waals surface area (Å²) in [4.78, 5) is 0. The average Bonchev–Trinajstić information content (AvgIpc) is 2.61. The van der Waals surface area contributed by atoms with Crippen LogP contribution in [0.3, 0.4) is 0 Å². The lowest BCUT2D eigenvalue weighted by Crippen LogP contribution is -2.63. The Morgan fingerprint density at radius 1 is 0.862 bits per heavy atom. The van der Waals surface area contributed by atoms with Gasteiger partial charge < -0.3 is 4.18 Å². The fourth-order valence-electron chi connectivity index (χ4n) is 2.63. The highest BCUT2D eigenvalue weighted by molar-refractivity contribution is 7.88. The van der Waals surface area contributed by atoms with Crippen molar-refractivity contribution in [3.63, 3.8) is 0 Å². The molecular weight excluding hydrogens is 443 g/mol. The third-order valence-corrected chi connectivity index (χ3v) is 5.52. The van der Waals surface area contributed by atoms with E-state index in [2.05, 4.69) is 4.18 Å². The van der Waals surface area contributed by atoms with E-state index in [0.29, 0.717) is 12.0 Å². The highest BCUT2D eigenvalue weighted by Crippen LogP contribution is 2.55. The van der Waals surface area contributed by atoms with Crippen LogP contribution in [0.4, 0.5) is 39.5 Å². The molecule has 1 aliphatic rings. The summed E-state index contributed by atoms with van der Waals surface area (Å²) in [6, 6.07) is 8.09. The number of halogens is 9. The normalized spacial score (nSPS) is 19.6. The molecule has 0 aromatic heterocycles. The van der Waals surface area contributed by atoms with Crippen LogP contribution in [0.15, 0.2) is 42.2 Å². The van der Waals surface area contributed by atoms with Crippen molar-refractivity contribution in [1.82, 2.24) is 0 Å². The van der Waals surface area contributed by atoms with Crippen molar-refractivity contribution in [3.8, 4) is 0 Å². The van der Waals surface area contributed by atoms with Crippen LogP contribution in [0.2, 0.25) is 0 Å². The van der Waals surface area contributed by atoms with E-state index < -0.39 is 45.1 Å². The second-order valence-electron chi connectivity index (χ2n) is 6.24. The van der Waals surface area contributed by atoms with Crippen molar-refractivity contribution in [1.29, 1.82) is 0 Å². The first kappa shape index (κ1) is 23.4. The molecule has 1 atom stereocenters. The van der Waals surface area contributed by atoms with Crippen LogP contribution in [0.25, 0.3) is 0 Å². The van der Waals surface area contributed by atoms with Gasteiger partial charge in [0.1, 0.15) is 5.76 Å². The van der Waals surface area contributed by atoms with Gasteiger partial charge in [-0.1, -0.05) is 30.3 Å². The summed E-state index contributed by atoms with van der Waals surface area (Å²) in [7, 11) is -6.90. The molecule has 0 saturated heterocycles. The highest BCUT2D eigenvalue weighted by Gasteiger charge is 2.86. The van der Waals surface area contributed by atoms with E-state index in [4.69, 9.17) is 0 Å². The maximum Gasteiger partial charge on any atom is 0.460 e. The van der Waals surface area contributed by atoms with Crippen molar-refractivity contribution in [2.75, 3.05) is 0 Å². The predicted octanol–water partition coefficient (Wildman–Crippen LogP) is 5.61. The first-order valence-corrected chi connectivity index (χ1v) is 9.35. The maximum atomic E-state index is 13.7. The van der Waals surface area contributed by atoms with Gasteiger partial charge >= 0.3 is 33.4 Å². The maximum absolute atomic E-state index is 13.7. The number of alkyl halides is 9. The molecule has 1 aliphatic carbocycles. The quantitative estimate of drug-likeness (QED) is 0.413. The molecule has 2 rings (SSSR count). The van der Waals surface area contributed by atoms with Gasteiger partial charge in [-0.25, -0.2) is 0 Å². The van der Waals surface area contributed by atoms with Crippen molar-refractivity contribution in [3.05, 3.63) is 47.7 Å². The van der Waals surface area contributed by atoms with E-state index in [1.807, 2.05) is 0 Å². The van der Waals surface area contributed by atoms with Crippen LogP contribution >= 0.6 is 0 Å². The molecule has 0 aliphatic heterocycles. The van der Waals surface area contributed by atoms with E-state index in [1.54, 1.807) is 30.3 Å². The second kappa shape index (κ2) is 7.40. The molecule has 0 bridgehead atoms. The minimum atomic E-state index is -7.33. The molecule has 1 aromatic rings. The van der Waals surface area contributed by atoms with Crippen LogP contribution in [-0.4, -0.2) is 31.7 Å². The number of rotatable bonds is 6. The van der Waals surface area contributed by atoms with E-state index in [-0.39, 0.29) is 12.8 Å². The van der Waals surface area contributed by atoms with E-state index >= 15 is 0 Å². The minimum Gasteiger partial charge on any atom is -0.383 e. The minimum absolute atomic E-state index is 0.168. The summed E-state index contributed by atoms with van der Waals surface area (Å²) >= 11 is 0.